The summed E-state index contributed by atoms with van der Waals surface area (Å²) < 4.78 is 5.18. The number of rotatable bonds is 11. The molecule has 6 heteroatoms. The molecule has 0 saturated carbocycles. The van der Waals surface area contributed by atoms with Crippen molar-refractivity contribution in [1.82, 2.24) is 10.2 Å². The molecular formula is C24H32N2O3S. The normalized spacial score (nSPS) is 12.7. The smallest absolute Gasteiger partial charge is 0.242 e. The van der Waals surface area contributed by atoms with Gasteiger partial charge in [-0.15, -0.1) is 11.8 Å². The maximum atomic E-state index is 13.0. The van der Waals surface area contributed by atoms with Gasteiger partial charge in [0.1, 0.15) is 11.8 Å². The van der Waals surface area contributed by atoms with Gasteiger partial charge in [-0.3, -0.25) is 9.59 Å². The number of nitrogens with one attached hydrogen (secondary N) is 1. The van der Waals surface area contributed by atoms with E-state index >= 15 is 0 Å². The van der Waals surface area contributed by atoms with Gasteiger partial charge in [0.05, 0.1) is 12.9 Å². The molecule has 2 aromatic carbocycles. The fourth-order valence-electron chi connectivity index (χ4n) is 2.89. The highest BCUT2D eigenvalue weighted by atomic mass is 32.2. The first-order valence-corrected chi connectivity index (χ1v) is 11.4. The van der Waals surface area contributed by atoms with Crippen molar-refractivity contribution in [2.75, 3.05) is 12.9 Å². The van der Waals surface area contributed by atoms with E-state index in [0.29, 0.717) is 12.3 Å². The number of nitrogens with zero attached hydrogens (tertiary/aromatic N) is 1. The molecule has 2 amide bonds. The predicted octanol–water partition coefficient (Wildman–Crippen LogP) is 4.26. The molecule has 2 rings (SSSR count). The van der Waals surface area contributed by atoms with Gasteiger partial charge in [-0.1, -0.05) is 49.4 Å². The Labute approximate surface area is 184 Å². The third-order valence-corrected chi connectivity index (χ3v) is 6.01. The molecule has 30 heavy (non-hydrogen) atoms. The number of carbonyl (C=O) groups is 2. The fraction of sp³-hybridized carbons (Fsp3) is 0.417. The first kappa shape index (κ1) is 23.8. The molecule has 0 aliphatic carbocycles. The van der Waals surface area contributed by atoms with E-state index in [0.717, 1.165) is 29.1 Å². The molecule has 1 N–H and O–H groups in total. The van der Waals surface area contributed by atoms with Crippen molar-refractivity contribution in [3.8, 4) is 5.75 Å². The lowest BCUT2D eigenvalue weighted by molar-refractivity contribution is -0.138. The average molecular weight is 429 g/mol. The highest BCUT2D eigenvalue weighted by molar-refractivity contribution is 7.99. The molecule has 2 atom stereocenters. The minimum Gasteiger partial charge on any atom is -0.497 e. The summed E-state index contributed by atoms with van der Waals surface area (Å²) in [5.41, 5.74) is 2.14. The lowest BCUT2D eigenvalue weighted by atomic mass is 10.1. The Balaban J connectivity index is 2.02. The van der Waals surface area contributed by atoms with E-state index in [4.69, 9.17) is 4.74 Å². The molecule has 162 valence electrons. The van der Waals surface area contributed by atoms with Gasteiger partial charge >= 0.3 is 0 Å². The van der Waals surface area contributed by atoms with Crippen LogP contribution in [0.5, 0.6) is 5.75 Å². The van der Waals surface area contributed by atoms with Crippen LogP contribution in [-0.2, 0) is 21.9 Å². The number of benzene rings is 2. The molecule has 0 unspecified atom stereocenters. The molecule has 0 radical (unpaired) electrons. The van der Waals surface area contributed by atoms with Crippen LogP contribution in [0.4, 0.5) is 0 Å². The molecule has 0 saturated heterocycles. The summed E-state index contributed by atoms with van der Waals surface area (Å²) in [6.07, 6.45) is 0.850. The second-order valence-electron chi connectivity index (χ2n) is 7.34. The minimum atomic E-state index is -0.534. The summed E-state index contributed by atoms with van der Waals surface area (Å²) in [7, 11) is 1.64. The maximum Gasteiger partial charge on any atom is 0.242 e. The van der Waals surface area contributed by atoms with Crippen LogP contribution in [0.25, 0.3) is 0 Å². The van der Waals surface area contributed by atoms with Gasteiger partial charge in [0.2, 0.25) is 11.8 Å². The Morgan fingerprint density at radius 1 is 1.03 bits per heavy atom. The molecule has 0 aromatic heterocycles. The van der Waals surface area contributed by atoms with Gasteiger partial charge in [-0.2, -0.15) is 0 Å². The molecular weight excluding hydrogens is 396 g/mol. The summed E-state index contributed by atoms with van der Waals surface area (Å²) in [5, 5.41) is 2.99. The topological polar surface area (TPSA) is 58.6 Å². The van der Waals surface area contributed by atoms with Gasteiger partial charge in [0.25, 0.3) is 0 Å². The number of hydrogen-bond acceptors (Lipinski definition) is 4. The van der Waals surface area contributed by atoms with Crippen molar-refractivity contribution in [3.63, 3.8) is 0 Å². The van der Waals surface area contributed by atoms with E-state index in [1.807, 2.05) is 68.4 Å². The SMILES string of the molecule is CC[C@@H](C)NC(=O)[C@H](C)N(Cc1ccccc1)C(=O)CSCc1ccc(OC)cc1. The molecule has 2 aromatic rings. The third kappa shape index (κ3) is 7.41. The van der Waals surface area contributed by atoms with E-state index in [2.05, 4.69) is 5.32 Å². The quantitative estimate of drug-likeness (QED) is 0.581. The number of ether oxygens (including phenoxy) is 1. The van der Waals surface area contributed by atoms with E-state index in [-0.39, 0.29) is 17.9 Å². The Hall–Kier alpha value is -2.47. The van der Waals surface area contributed by atoms with Crippen molar-refractivity contribution < 1.29 is 14.3 Å². The number of amides is 2. The zero-order valence-corrected chi connectivity index (χ0v) is 19.1. The first-order chi connectivity index (χ1) is 14.4. The Morgan fingerprint density at radius 2 is 1.70 bits per heavy atom. The van der Waals surface area contributed by atoms with Crippen LogP contribution in [0, 0.1) is 0 Å². The summed E-state index contributed by atoms with van der Waals surface area (Å²) in [6, 6.07) is 17.2. The molecule has 0 spiro atoms. The Bertz CT molecular complexity index is 796. The molecule has 5 nitrogen and oxygen atoms in total. The largest absolute Gasteiger partial charge is 0.497 e. The van der Waals surface area contributed by atoms with Gasteiger partial charge in [0, 0.05) is 18.3 Å². The van der Waals surface area contributed by atoms with Crippen molar-refractivity contribution >= 4 is 23.6 Å². The molecule has 0 aliphatic heterocycles. The monoisotopic (exact) mass is 428 g/mol. The van der Waals surface area contributed by atoms with Gasteiger partial charge < -0.3 is 15.0 Å². The van der Waals surface area contributed by atoms with Crippen molar-refractivity contribution in [3.05, 3.63) is 65.7 Å². The van der Waals surface area contributed by atoms with Crippen LogP contribution in [0.3, 0.4) is 0 Å². The second-order valence-corrected chi connectivity index (χ2v) is 8.33. The number of thioether (sulfide) groups is 1. The van der Waals surface area contributed by atoms with Gasteiger partial charge in [-0.25, -0.2) is 0 Å². The third-order valence-electron chi connectivity index (χ3n) is 5.02. The zero-order valence-electron chi connectivity index (χ0n) is 18.3. The number of hydrogen-bond donors (Lipinski definition) is 1. The lowest BCUT2D eigenvalue weighted by Gasteiger charge is -2.29. The molecule has 0 bridgehead atoms. The number of methoxy groups -OCH3 is 1. The summed E-state index contributed by atoms with van der Waals surface area (Å²) in [4.78, 5) is 27.4. The van der Waals surface area contributed by atoms with Gasteiger partial charge in [-0.05, 0) is 43.5 Å². The summed E-state index contributed by atoms with van der Waals surface area (Å²) in [5.74, 6) is 1.70. The van der Waals surface area contributed by atoms with E-state index in [1.165, 1.54) is 0 Å². The molecule has 0 aliphatic rings. The van der Waals surface area contributed by atoms with Crippen LogP contribution in [0.2, 0.25) is 0 Å². The summed E-state index contributed by atoms with van der Waals surface area (Å²) in [6.45, 7) is 6.21. The summed E-state index contributed by atoms with van der Waals surface area (Å²) >= 11 is 1.55. The first-order valence-electron chi connectivity index (χ1n) is 10.3. The second kappa shape index (κ2) is 12.3. The molecule has 0 heterocycles. The lowest BCUT2D eigenvalue weighted by Crippen LogP contribution is -2.50. The van der Waals surface area contributed by atoms with Crippen LogP contribution < -0.4 is 10.1 Å². The highest BCUT2D eigenvalue weighted by Crippen LogP contribution is 2.18. The van der Waals surface area contributed by atoms with Crippen LogP contribution >= 0.6 is 11.8 Å². The zero-order chi connectivity index (χ0) is 21.9. The fourth-order valence-corrected chi connectivity index (χ4v) is 3.76. The Morgan fingerprint density at radius 3 is 2.30 bits per heavy atom. The predicted molar refractivity (Wildman–Crippen MR) is 124 cm³/mol. The minimum absolute atomic E-state index is 0.0378. The van der Waals surface area contributed by atoms with Crippen molar-refractivity contribution in [2.24, 2.45) is 0 Å². The van der Waals surface area contributed by atoms with Crippen LogP contribution in [0.15, 0.2) is 54.6 Å². The van der Waals surface area contributed by atoms with E-state index in [9.17, 15) is 9.59 Å². The maximum absolute atomic E-state index is 13.0. The van der Waals surface area contributed by atoms with Crippen LogP contribution in [-0.4, -0.2) is 41.7 Å². The standard InChI is InChI=1S/C24H32N2O3S/c1-5-18(2)25-24(28)19(3)26(15-20-9-7-6-8-10-20)23(27)17-30-16-21-11-13-22(29-4)14-12-21/h6-14,18-19H,5,15-17H2,1-4H3,(H,25,28)/t18-,19+/m1/s1. The number of carbonyl (C=O) groups excluding carboxylic acids is 2. The van der Waals surface area contributed by atoms with Crippen molar-refractivity contribution in [1.29, 1.82) is 0 Å². The van der Waals surface area contributed by atoms with Crippen molar-refractivity contribution in [2.45, 2.75) is 51.6 Å². The van der Waals surface area contributed by atoms with E-state index < -0.39 is 6.04 Å². The molecule has 0 fully saturated rings. The Kier molecular flexibility index (Phi) is 9.74. The highest BCUT2D eigenvalue weighted by Gasteiger charge is 2.26. The average Bonchev–Trinajstić information content (AvgIpc) is 2.77. The van der Waals surface area contributed by atoms with Crippen LogP contribution in [0.1, 0.15) is 38.3 Å². The van der Waals surface area contributed by atoms with Gasteiger partial charge in [0.15, 0.2) is 0 Å². The van der Waals surface area contributed by atoms with E-state index in [1.54, 1.807) is 30.7 Å².